The predicted octanol–water partition coefficient (Wildman–Crippen LogP) is 0.454. The van der Waals surface area contributed by atoms with Crippen molar-refractivity contribution in [3.8, 4) is 0 Å². The minimum absolute atomic E-state index is 0.303. The minimum Gasteiger partial charge on any atom is -0.478 e. The van der Waals surface area contributed by atoms with Crippen LogP contribution >= 0.6 is 11.8 Å². The first-order valence-electron chi connectivity index (χ1n) is 4.68. The van der Waals surface area contributed by atoms with Gasteiger partial charge >= 0.3 is 5.97 Å². The molecule has 0 fully saturated rings. The fourth-order valence-corrected chi connectivity index (χ4v) is 1.51. The fourth-order valence-electron chi connectivity index (χ4n) is 1.04. The smallest absolute Gasteiger partial charge is 0.328 e. The van der Waals surface area contributed by atoms with Gasteiger partial charge in [-0.1, -0.05) is 0 Å². The molecular formula is C10H15NO4S. The molecule has 0 heterocycles. The number of nitrogens with one attached hydrogen (secondary N) is 1. The van der Waals surface area contributed by atoms with Gasteiger partial charge in [-0.3, -0.25) is 9.59 Å². The summed E-state index contributed by atoms with van der Waals surface area (Å²) in [6.45, 7) is 1.32. The third-order valence-electron chi connectivity index (χ3n) is 1.72. The summed E-state index contributed by atoms with van der Waals surface area (Å²) in [5, 5.41) is 10.9. The second-order valence-electron chi connectivity index (χ2n) is 3.11. The van der Waals surface area contributed by atoms with Gasteiger partial charge in [0.15, 0.2) is 5.78 Å². The summed E-state index contributed by atoms with van der Waals surface area (Å²) in [7, 11) is 0. The van der Waals surface area contributed by atoms with Gasteiger partial charge in [0.05, 0.1) is 6.04 Å². The number of aliphatic carboxylic acids is 1. The molecule has 0 radical (unpaired) electrons. The Kier molecular flexibility index (Phi) is 7.28. The Morgan fingerprint density at radius 3 is 2.44 bits per heavy atom. The molecule has 2 N–H and O–H groups in total. The van der Waals surface area contributed by atoms with Crippen molar-refractivity contribution in [1.82, 2.24) is 5.32 Å². The molecular weight excluding hydrogens is 230 g/mol. The molecule has 0 aliphatic rings. The number of carbonyl (C=O) groups excluding carboxylic acids is 2. The highest BCUT2D eigenvalue weighted by Gasteiger charge is 2.16. The van der Waals surface area contributed by atoms with Crippen LogP contribution in [0.5, 0.6) is 0 Å². The molecule has 1 amide bonds. The number of thioether (sulfide) groups is 1. The van der Waals surface area contributed by atoms with Crippen molar-refractivity contribution in [2.45, 2.75) is 19.4 Å². The monoisotopic (exact) mass is 245 g/mol. The molecule has 0 aliphatic carbocycles. The Hall–Kier alpha value is -1.30. The van der Waals surface area contributed by atoms with E-state index in [0.717, 1.165) is 17.9 Å². The summed E-state index contributed by atoms with van der Waals surface area (Å²) < 4.78 is 0. The molecule has 0 bridgehead atoms. The van der Waals surface area contributed by atoms with Crippen molar-refractivity contribution in [1.29, 1.82) is 0 Å². The summed E-state index contributed by atoms with van der Waals surface area (Å²) in [4.78, 5) is 32.6. The number of carboxylic acid groups (broad SMARTS) is 1. The predicted molar refractivity (Wildman–Crippen MR) is 62.4 cm³/mol. The molecule has 0 saturated heterocycles. The van der Waals surface area contributed by atoms with Crippen LogP contribution in [0, 0.1) is 0 Å². The zero-order valence-electron chi connectivity index (χ0n) is 9.23. The number of carbonyl (C=O) groups is 3. The fraction of sp³-hybridized carbons (Fsp3) is 0.500. The highest BCUT2D eigenvalue weighted by atomic mass is 32.2. The highest BCUT2D eigenvalue weighted by Crippen LogP contribution is 2.02. The SMILES string of the molecule is CSCC[C@H](NC(C)=O)C(=O)/C=C/C(=O)O. The zero-order valence-corrected chi connectivity index (χ0v) is 10.0. The first kappa shape index (κ1) is 14.7. The van der Waals surface area contributed by atoms with E-state index in [0.29, 0.717) is 6.42 Å². The van der Waals surface area contributed by atoms with Crippen LogP contribution in [0.4, 0.5) is 0 Å². The van der Waals surface area contributed by atoms with E-state index in [9.17, 15) is 14.4 Å². The third-order valence-corrected chi connectivity index (χ3v) is 2.37. The van der Waals surface area contributed by atoms with E-state index in [4.69, 9.17) is 5.11 Å². The largest absolute Gasteiger partial charge is 0.478 e. The molecule has 0 aliphatic heterocycles. The average Bonchev–Trinajstić information content (AvgIpc) is 2.20. The van der Waals surface area contributed by atoms with Crippen LogP contribution < -0.4 is 5.32 Å². The van der Waals surface area contributed by atoms with Gasteiger partial charge in [0.1, 0.15) is 0 Å². The average molecular weight is 245 g/mol. The van der Waals surface area contributed by atoms with Gasteiger partial charge in [-0.2, -0.15) is 11.8 Å². The standard InChI is InChI=1S/C10H15NO4S/c1-7(12)11-8(5-6-16-2)9(13)3-4-10(14)15/h3-4,8H,5-6H2,1-2H3,(H,11,12)(H,14,15)/b4-3+/t8-/m0/s1. The van der Waals surface area contributed by atoms with Crippen LogP contribution in [0.1, 0.15) is 13.3 Å². The van der Waals surface area contributed by atoms with Crippen LogP contribution in [0.3, 0.4) is 0 Å². The van der Waals surface area contributed by atoms with E-state index in [1.54, 1.807) is 11.8 Å². The van der Waals surface area contributed by atoms with Crippen molar-refractivity contribution in [3.63, 3.8) is 0 Å². The molecule has 0 aromatic rings. The van der Waals surface area contributed by atoms with Gasteiger partial charge < -0.3 is 10.4 Å². The lowest BCUT2D eigenvalue weighted by Gasteiger charge is -2.13. The number of ketones is 1. The van der Waals surface area contributed by atoms with Gasteiger partial charge in [0, 0.05) is 13.0 Å². The molecule has 1 atom stereocenters. The molecule has 0 spiro atoms. The molecule has 90 valence electrons. The van der Waals surface area contributed by atoms with E-state index in [1.807, 2.05) is 6.26 Å². The van der Waals surface area contributed by atoms with Gasteiger partial charge in [0.2, 0.25) is 5.91 Å². The highest BCUT2D eigenvalue weighted by molar-refractivity contribution is 7.98. The molecule has 0 saturated carbocycles. The number of hydrogen-bond donors (Lipinski definition) is 2. The minimum atomic E-state index is -1.18. The number of rotatable bonds is 7. The van der Waals surface area contributed by atoms with E-state index in [1.165, 1.54) is 6.92 Å². The Bertz CT molecular complexity index is 301. The van der Waals surface area contributed by atoms with Crippen molar-refractivity contribution in [3.05, 3.63) is 12.2 Å². The number of amides is 1. The van der Waals surface area contributed by atoms with E-state index >= 15 is 0 Å². The van der Waals surface area contributed by atoms with Crippen LogP contribution in [0.15, 0.2) is 12.2 Å². The quantitative estimate of drug-likeness (QED) is 0.636. The topological polar surface area (TPSA) is 83.5 Å². The van der Waals surface area contributed by atoms with Gasteiger partial charge in [-0.15, -0.1) is 0 Å². The van der Waals surface area contributed by atoms with Crippen molar-refractivity contribution >= 4 is 29.4 Å². The maximum atomic E-state index is 11.5. The van der Waals surface area contributed by atoms with Crippen LogP contribution in [0.25, 0.3) is 0 Å². The first-order valence-corrected chi connectivity index (χ1v) is 6.07. The molecule has 0 rings (SSSR count). The molecule has 5 nitrogen and oxygen atoms in total. The van der Waals surface area contributed by atoms with Crippen LogP contribution in [-0.2, 0) is 14.4 Å². The van der Waals surface area contributed by atoms with Crippen molar-refractivity contribution < 1.29 is 19.5 Å². The molecule has 0 aromatic carbocycles. The second kappa shape index (κ2) is 7.92. The zero-order chi connectivity index (χ0) is 12.6. The third kappa shape index (κ3) is 7.05. The second-order valence-corrected chi connectivity index (χ2v) is 4.09. The van der Waals surface area contributed by atoms with Crippen molar-refractivity contribution in [2.24, 2.45) is 0 Å². The molecule has 0 aromatic heterocycles. The van der Waals surface area contributed by atoms with Crippen LogP contribution in [-0.4, -0.2) is 40.8 Å². The lowest BCUT2D eigenvalue weighted by atomic mass is 10.1. The van der Waals surface area contributed by atoms with E-state index in [-0.39, 0.29) is 5.91 Å². The van der Waals surface area contributed by atoms with Crippen molar-refractivity contribution in [2.75, 3.05) is 12.0 Å². The van der Waals surface area contributed by atoms with Gasteiger partial charge in [-0.05, 0) is 24.5 Å². The summed E-state index contributed by atoms with van der Waals surface area (Å²) in [6, 6.07) is -0.638. The Balaban J connectivity index is 4.42. The first-order chi connectivity index (χ1) is 7.47. The summed E-state index contributed by atoms with van der Waals surface area (Å²) in [5.41, 5.74) is 0. The summed E-state index contributed by atoms with van der Waals surface area (Å²) in [5.74, 6) is -1.16. The lowest BCUT2D eigenvalue weighted by molar-refractivity contribution is -0.131. The Labute approximate surface area is 98.3 Å². The molecule has 0 unspecified atom stereocenters. The summed E-state index contributed by atoms with van der Waals surface area (Å²) in [6.07, 6.45) is 4.13. The maximum absolute atomic E-state index is 11.5. The van der Waals surface area contributed by atoms with Gasteiger partial charge in [0.25, 0.3) is 0 Å². The maximum Gasteiger partial charge on any atom is 0.328 e. The molecule has 16 heavy (non-hydrogen) atoms. The molecule has 6 heteroatoms. The Morgan fingerprint density at radius 2 is 2.00 bits per heavy atom. The normalized spacial score (nSPS) is 12.4. The number of hydrogen-bond acceptors (Lipinski definition) is 4. The van der Waals surface area contributed by atoms with E-state index in [2.05, 4.69) is 5.32 Å². The number of carboxylic acids is 1. The van der Waals surface area contributed by atoms with Crippen LogP contribution in [0.2, 0.25) is 0 Å². The van der Waals surface area contributed by atoms with E-state index < -0.39 is 17.8 Å². The summed E-state index contributed by atoms with van der Waals surface area (Å²) >= 11 is 1.55. The lowest BCUT2D eigenvalue weighted by Crippen LogP contribution is -2.39. The van der Waals surface area contributed by atoms with Gasteiger partial charge in [-0.25, -0.2) is 4.79 Å². The Morgan fingerprint density at radius 1 is 1.38 bits per heavy atom.